The highest BCUT2D eigenvalue weighted by molar-refractivity contribution is 4.98. The fraction of sp³-hybridized carbons (Fsp3) is 0.824. The van der Waals surface area contributed by atoms with Crippen molar-refractivity contribution in [1.29, 1.82) is 0 Å². The van der Waals surface area contributed by atoms with Gasteiger partial charge in [0.1, 0.15) is 0 Å². The van der Waals surface area contributed by atoms with Crippen LogP contribution in [0.3, 0.4) is 0 Å². The summed E-state index contributed by atoms with van der Waals surface area (Å²) in [4.78, 5) is 6.83. The van der Waals surface area contributed by atoms with Crippen LogP contribution in [0.25, 0.3) is 0 Å². The number of piperidine rings is 1. The van der Waals surface area contributed by atoms with Crippen molar-refractivity contribution in [1.82, 2.24) is 14.5 Å². The van der Waals surface area contributed by atoms with E-state index in [1.54, 1.807) is 0 Å². The van der Waals surface area contributed by atoms with Gasteiger partial charge in [-0.05, 0) is 38.1 Å². The quantitative estimate of drug-likeness (QED) is 0.857. The van der Waals surface area contributed by atoms with Gasteiger partial charge in [0.2, 0.25) is 0 Å². The second-order valence-corrected chi connectivity index (χ2v) is 7.26. The van der Waals surface area contributed by atoms with Crippen molar-refractivity contribution < 1.29 is 9.47 Å². The van der Waals surface area contributed by atoms with Crippen LogP contribution < -0.4 is 0 Å². The molecular formula is C17H27N3O2. The van der Waals surface area contributed by atoms with Gasteiger partial charge < -0.3 is 18.9 Å². The summed E-state index contributed by atoms with van der Waals surface area (Å²) < 4.78 is 14.0. The van der Waals surface area contributed by atoms with Crippen LogP contribution in [0, 0.1) is 5.92 Å². The highest BCUT2D eigenvalue weighted by atomic mass is 16.5. The number of nitrogens with zero attached hydrogens (tertiary/aromatic N) is 3. The Hall–Kier alpha value is -0.910. The number of likely N-dealkylation sites (tertiary alicyclic amines) is 1. The minimum absolute atomic E-state index is 0.0817. The summed E-state index contributed by atoms with van der Waals surface area (Å²) in [5, 5.41) is 0. The van der Waals surface area contributed by atoms with Crippen LogP contribution in [0.15, 0.2) is 18.7 Å². The molecule has 0 radical (unpaired) electrons. The Morgan fingerprint density at radius 3 is 3.00 bits per heavy atom. The van der Waals surface area contributed by atoms with Gasteiger partial charge in [-0.25, -0.2) is 4.98 Å². The predicted molar refractivity (Wildman–Crippen MR) is 83.8 cm³/mol. The first-order valence-corrected chi connectivity index (χ1v) is 8.75. The molecule has 2 atom stereocenters. The highest BCUT2D eigenvalue weighted by Gasteiger charge is 2.44. The van der Waals surface area contributed by atoms with Crippen molar-refractivity contribution in [2.24, 2.45) is 5.92 Å². The smallest absolute Gasteiger partial charge is 0.0949 e. The molecule has 1 aromatic heterocycles. The molecule has 2 unspecified atom stereocenters. The van der Waals surface area contributed by atoms with E-state index < -0.39 is 0 Å². The first-order valence-electron chi connectivity index (χ1n) is 8.75. The van der Waals surface area contributed by atoms with Gasteiger partial charge in [-0.1, -0.05) is 0 Å². The summed E-state index contributed by atoms with van der Waals surface area (Å²) >= 11 is 0. The lowest BCUT2D eigenvalue weighted by Crippen LogP contribution is -2.49. The van der Waals surface area contributed by atoms with Gasteiger partial charge >= 0.3 is 0 Å². The zero-order valence-corrected chi connectivity index (χ0v) is 13.3. The standard InChI is InChI=1S/C17H27N3O2/c1-4-17(10-16(12-22-17)20-7-5-18-14-20)13-19(6-1)11-15-2-8-21-9-3-15/h5,7,14-16H,1-4,6,8-13H2. The molecule has 0 N–H and O–H groups in total. The molecule has 0 bridgehead atoms. The lowest BCUT2D eigenvalue weighted by Gasteiger charge is -2.41. The molecule has 0 saturated carbocycles. The van der Waals surface area contributed by atoms with Gasteiger partial charge in [-0.15, -0.1) is 0 Å². The zero-order chi connectivity index (χ0) is 14.8. The Morgan fingerprint density at radius 2 is 2.18 bits per heavy atom. The predicted octanol–water partition coefficient (Wildman–Crippen LogP) is 2.11. The van der Waals surface area contributed by atoms with E-state index in [2.05, 4.69) is 20.6 Å². The lowest BCUT2D eigenvalue weighted by atomic mass is 9.87. The summed E-state index contributed by atoms with van der Waals surface area (Å²) in [5.41, 5.74) is 0.0817. The van der Waals surface area contributed by atoms with E-state index in [4.69, 9.17) is 9.47 Å². The van der Waals surface area contributed by atoms with Crippen LogP contribution in [0.4, 0.5) is 0 Å². The maximum atomic E-state index is 6.32. The number of rotatable bonds is 3. The molecule has 3 fully saturated rings. The average Bonchev–Trinajstić information content (AvgIpc) is 3.19. The number of ether oxygens (including phenoxy) is 2. The third-order valence-corrected chi connectivity index (χ3v) is 5.61. The molecule has 5 nitrogen and oxygen atoms in total. The summed E-state index contributed by atoms with van der Waals surface area (Å²) in [6.45, 7) is 6.30. The third-order valence-electron chi connectivity index (χ3n) is 5.61. The third kappa shape index (κ3) is 3.07. The first kappa shape index (κ1) is 14.7. The van der Waals surface area contributed by atoms with Gasteiger partial charge in [-0.2, -0.15) is 0 Å². The molecule has 5 heteroatoms. The number of hydrogen-bond donors (Lipinski definition) is 0. The van der Waals surface area contributed by atoms with Gasteiger partial charge in [-0.3, -0.25) is 0 Å². The lowest BCUT2D eigenvalue weighted by molar-refractivity contribution is -0.0581. The van der Waals surface area contributed by atoms with E-state index in [1.165, 1.54) is 38.8 Å². The molecule has 3 aliphatic heterocycles. The van der Waals surface area contributed by atoms with E-state index in [1.807, 2.05) is 12.5 Å². The van der Waals surface area contributed by atoms with Gasteiger partial charge in [0.15, 0.2) is 0 Å². The molecule has 4 heterocycles. The fourth-order valence-electron chi connectivity index (χ4n) is 4.42. The Bertz CT molecular complexity index is 472. The van der Waals surface area contributed by atoms with E-state index in [0.717, 1.165) is 38.7 Å². The molecule has 122 valence electrons. The number of hydrogen-bond acceptors (Lipinski definition) is 4. The van der Waals surface area contributed by atoms with Crippen LogP contribution in [0.5, 0.6) is 0 Å². The SMILES string of the molecule is c1cn(C2COC3(CCCN(CC4CCOCC4)C3)C2)cn1. The van der Waals surface area contributed by atoms with Crippen molar-refractivity contribution in [3.8, 4) is 0 Å². The minimum atomic E-state index is 0.0817. The molecule has 4 rings (SSSR count). The first-order chi connectivity index (χ1) is 10.8. The summed E-state index contributed by atoms with van der Waals surface area (Å²) in [7, 11) is 0. The van der Waals surface area contributed by atoms with E-state index in [-0.39, 0.29) is 5.60 Å². The molecule has 1 aromatic rings. The molecule has 3 aliphatic rings. The summed E-state index contributed by atoms with van der Waals surface area (Å²) in [6, 6.07) is 0.463. The zero-order valence-electron chi connectivity index (χ0n) is 13.3. The number of aromatic nitrogens is 2. The van der Waals surface area contributed by atoms with Crippen molar-refractivity contribution >= 4 is 0 Å². The molecule has 0 amide bonds. The van der Waals surface area contributed by atoms with Crippen LogP contribution in [0.2, 0.25) is 0 Å². The maximum absolute atomic E-state index is 6.32. The molecule has 22 heavy (non-hydrogen) atoms. The van der Waals surface area contributed by atoms with E-state index >= 15 is 0 Å². The Kier molecular flexibility index (Phi) is 4.20. The molecule has 0 aliphatic carbocycles. The van der Waals surface area contributed by atoms with Gasteiger partial charge in [0.05, 0.1) is 24.6 Å². The van der Waals surface area contributed by atoms with Gasteiger partial charge in [0, 0.05) is 45.1 Å². The number of imidazole rings is 1. The Morgan fingerprint density at radius 1 is 1.27 bits per heavy atom. The Balaban J connectivity index is 1.36. The van der Waals surface area contributed by atoms with Crippen LogP contribution in [-0.2, 0) is 9.47 Å². The maximum Gasteiger partial charge on any atom is 0.0949 e. The van der Waals surface area contributed by atoms with Crippen LogP contribution in [0.1, 0.15) is 38.1 Å². The minimum Gasteiger partial charge on any atom is -0.381 e. The molecule has 3 saturated heterocycles. The average molecular weight is 305 g/mol. The second-order valence-electron chi connectivity index (χ2n) is 7.26. The molecular weight excluding hydrogens is 278 g/mol. The molecule has 1 spiro atoms. The Labute approximate surface area is 132 Å². The topological polar surface area (TPSA) is 39.5 Å². The summed E-state index contributed by atoms with van der Waals surface area (Å²) in [6.07, 6.45) is 11.9. The van der Waals surface area contributed by atoms with Crippen LogP contribution >= 0.6 is 0 Å². The van der Waals surface area contributed by atoms with Crippen molar-refractivity contribution in [2.45, 2.75) is 43.7 Å². The second kappa shape index (κ2) is 6.30. The normalized spacial score (nSPS) is 34.5. The van der Waals surface area contributed by atoms with Crippen molar-refractivity contribution in [3.05, 3.63) is 18.7 Å². The summed E-state index contributed by atoms with van der Waals surface area (Å²) in [5.74, 6) is 0.815. The van der Waals surface area contributed by atoms with Gasteiger partial charge in [0.25, 0.3) is 0 Å². The van der Waals surface area contributed by atoms with E-state index in [0.29, 0.717) is 6.04 Å². The largest absolute Gasteiger partial charge is 0.381 e. The van der Waals surface area contributed by atoms with Crippen molar-refractivity contribution in [2.75, 3.05) is 39.5 Å². The monoisotopic (exact) mass is 305 g/mol. The molecule has 0 aromatic carbocycles. The van der Waals surface area contributed by atoms with Crippen LogP contribution in [-0.4, -0.2) is 59.5 Å². The highest BCUT2D eigenvalue weighted by Crippen LogP contribution is 2.39. The fourth-order valence-corrected chi connectivity index (χ4v) is 4.42. The van der Waals surface area contributed by atoms with Crippen molar-refractivity contribution in [3.63, 3.8) is 0 Å². The van der Waals surface area contributed by atoms with E-state index in [9.17, 15) is 0 Å².